The average Bonchev–Trinajstić information content (AvgIpc) is 3.71. The molecule has 1 aliphatic rings. The zero-order valence-corrected chi connectivity index (χ0v) is 26.4. The third-order valence-electron chi connectivity index (χ3n) is 6.79. The van der Waals surface area contributed by atoms with Gasteiger partial charge in [-0.3, -0.25) is 0 Å². The first-order chi connectivity index (χ1) is 18.4. The number of allylic oxidation sites excluding steroid dienone is 2. The molecule has 0 atom stereocenters. The predicted molar refractivity (Wildman–Crippen MR) is 177 cm³/mol. The summed E-state index contributed by atoms with van der Waals surface area (Å²) in [5.74, 6) is 1.27. The summed E-state index contributed by atoms with van der Waals surface area (Å²) >= 11 is 7.51. The van der Waals surface area contributed by atoms with Crippen LogP contribution in [0.4, 0.5) is 0 Å². The van der Waals surface area contributed by atoms with Crippen LogP contribution in [0.1, 0.15) is 46.0 Å². The molecule has 0 N–H and O–H groups in total. The molecular weight excluding hydrogens is 537 g/mol. The van der Waals surface area contributed by atoms with Crippen molar-refractivity contribution < 1.29 is 0 Å². The molecule has 5 aromatic rings. The van der Waals surface area contributed by atoms with Gasteiger partial charge in [0.25, 0.3) is 0 Å². The van der Waals surface area contributed by atoms with E-state index in [1.807, 2.05) is 45.8 Å². The van der Waals surface area contributed by atoms with Gasteiger partial charge in [0.15, 0.2) is 0 Å². The van der Waals surface area contributed by atoms with E-state index in [1.54, 1.807) is 5.57 Å². The second-order valence-electron chi connectivity index (χ2n) is 9.52. The molecule has 0 radical (unpaired) electrons. The summed E-state index contributed by atoms with van der Waals surface area (Å²) < 4.78 is 0. The van der Waals surface area contributed by atoms with Crippen molar-refractivity contribution in [3.8, 4) is 20.9 Å². The third kappa shape index (κ3) is 6.98. The van der Waals surface area contributed by atoms with E-state index >= 15 is 0 Å². The van der Waals surface area contributed by atoms with Crippen LogP contribution in [0.3, 0.4) is 0 Å². The molecule has 0 nitrogen and oxygen atoms in total. The van der Waals surface area contributed by atoms with Gasteiger partial charge in [0, 0.05) is 20.4 Å². The normalized spacial score (nSPS) is 12.6. The minimum atomic E-state index is 1.26. The highest BCUT2D eigenvalue weighted by atomic mass is 32.2. The van der Waals surface area contributed by atoms with Gasteiger partial charge in [-0.1, -0.05) is 48.5 Å². The van der Waals surface area contributed by atoms with Crippen molar-refractivity contribution >= 4 is 51.3 Å². The Morgan fingerprint density at radius 2 is 1.00 bits per heavy atom. The van der Waals surface area contributed by atoms with E-state index in [9.17, 15) is 0 Å². The molecule has 3 aromatic heterocycles. The van der Waals surface area contributed by atoms with Crippen LogP contribution in [0.2, 0.25) is 0 Å². The van der Waals surface area contributed by atoms with E-state index < -0.39 is 0 Å². The number of hydrogen-bond donors (Lipinski definition) is 0. The molecule has 0 aliphatic carbocycles. The van der Waals surface area contributed by atoms with Crippen LogP contribution in [0.25, 0.3) is 26.5 Å². The van der Waals surface area contributed by atoms with Gasteiger partial charge in [0.2, 0.25) is 0 Å². The lowest BCUT2D eigenvalue weighted by Gasteiger charge is -2.08. The molecule has 4 heteroatoms. The number of aryl methyl sites for hydroxylation is 5. The molecule has 0 saturated carbocycles. The highest BCUT2D eigenvalue weighted by Crippen LogP contribution is 2.39. The summed E-state index contributed by atoms with van der Waals surface area (Å²) in [6.07, 6.45) is 1.26. The highest BCUT2D eigenvalue weighted by Gasteiger charge is 2.15. The van der Waals surface area contributed by atoms with E-state index in [1.165, 1.54) is 70.7 Å². The molecule has 0 fully saturated rings. The summed E-state index contributed by atoms with van der Waals surface area (Å²) in [6, 6.07) is 23.6. The first-order valence-electron chi connectivity index (χ1n) is 12.9. The van der Waals surface area contributed by atoms with Crippen molar-refractivity contribution in [2.75, 3.05) is 5.75 Å². The lowest BCUT2D eigenvalue weighted by atomic mass is 9.97. The molecule has 0 spiro atoms. The van der Waals surface area contributed by atoms with Crippen molar-refractivity contribution in [2.24, 2.45) is 0 Å². The standard InChI is InChI=1S/C14H14.C10H12S2.C10H10S2/c1-11-7-3-5-9-13(11)14-10-6-4-8-12(14)2;1-7-9(3-5-11-7)10-4-6-12-8(10)2;1-7-3-5-11-9(7)10-8(2)4-6-12-10/h3-10H,1-2H3;3,5H,4,6H2,1-2H3;3-6H,1-2H3. The second kappa shape index (κ2) is 13.6. The van der Waals surface area contributed by atoms with Crippen molar-refractivity contribution in [1.82, 2.24) is 0 Å². The minimum absolute atomic E-state index is 1.26. The zero-order valence-electron chi connectivity index (χ0n) is 23.1. The Labute approximate surface area is 245 Å². The Balaban J connectivity index is 0.000000133. The minimum Gasteiger partial charge on any atom is -0.149 e. The zero-order chi connectivity index (χ0) is 27.1. The van der Waals surface area contributed by atoms with Crippen molar-refractivity contribution in [3.05, 3.63) is 120 Å². The maximum Gasteiger partial charge on any atom is 0.0474 e. The molecule has 0 unspecified atom stereocenters. The van der Waals surface area contributed by atoms with Crippen molar-refractivity contribution in [2.45, 2.75) is 48.0 Å². The number of thioether (sulfide) groups is 1. The van der Waals surface area contributed by atoms with Gasteiger partial charge in [-0.2, -0.15) is 0 Å². The summed E-state index contributed by atoms with van der Waals surface area (Å²) in [7, 11) is 0. The summed E-state index contributed by atoms with van der Waals surface area (Å²) in [5.41, 5.74) is 11.2. The van der Waals surface area contributed by atoms with E-state index in [2.05, 4.69) is 124 Å². The second-order valence-corrected chi connectivity index (χ2v) is 13.8. The SMILES string of the molecule is CC1=C(c2ccsc2C)CCS1.Cc1ccccc1-c1ccccc1C.Cc1ccsc1-c1sccc1C. The molecule has 0 amide bonds. The molecule has 38 heavy (non-hydrogen) atoms. The molecule has 4 heterocycles. The van der Waals surface area contributed by atoms with E-state index in [-0.39, 0.29) is 0 Å². The van der Waals surface area contributed by atoms with Gasteiger partial charge < -0.3 is 0 Å². The van der Waals surface area contributed by atoms with Crippen LogP contribution in [0.15, 0.2) is 87.8 Å². The monoisotopic (exact) mass is 572 g/mol. The third-order valence-corrected chi connectivity index (χ3v) is 10.9. The molecular formula is C34H36S4. The first-order valence-corrected chi connectivity index (χ1v) is 16.6. The number of rotatable bonds is 3. The van der Waals surface area contributed by atoms with Crippen LogP contribution in [-0.4, -0.2) is 5.75 Å². The summed E-state index contributed by atoms with van der Waals surface area (Å²) in [6.45, 7) is 13.1. The van der Waals surface area contributed by atoms with Gasteiger partial charge in [-0.15, -0.1) is 45.8 Å². The van der Waals surface area contributed by atoms with E-state index in [0.717, 1.165) is 0 Å². The number of benzene rings is 2. The maximum atomic E-state index is 2.25. The van der Waals surface area contributed by atoms with Crippen LogP contribution in [0.5, 0.6) is 0 Å². The average molecular weight is 573 g/mol. The Morgan fingerprint density at radius 3 is 1.37 bits per heavy atom. The topological polar surface area (TPSA) is 0 Å². The Morgan fingerprint density at radius 1 is 0.500 bits per heavy atom. The van der Waals surface area contributed by atoms with Gasteiger partial charge in [-0.05, 0) is 132 Å². The van der Waals surface area contributed by atoms with E-state index in [0.29, 0.717) is 0 Å². The van der Waals surface area contributed by atoms with Crippen LogP contribution < -0.4 is 0 Å². The maximum absolute atomic E-state index is 2.25. The smallest absolute Gasteiger partial charge is 0.0474 e. The predicted octanol–water partition coefficient (Wildman–Crippen LogP) is 12.0. The van der Waals surface area contributed by atoms with Crippen molar-refractivity contribution in [1.29, 1.82) is 0 Å². The van der Waals surface area contributed by atoms with Crippen LogP contribution in [0, 0.1) is 34.6 Å². The fourth-order valence-electron chi connectivity index (χ4n) is 4.55. The highest BCUT2D eigenvalue weighted by molar-refractivity contribution is 8.03. The van der Waals surface area contributed by atoms with Gasteiger partial charge in [-0.25, -0.2) is 0 Å². The fraction of sp³-hybridized carbons (Fsp3) is 0.235. The fourth-order valence-corrected chi connectivity index (χ4v) is 8.43. The van der Waals surface area contributed by atoms with Crippen LogP contribution in [-0.2, 0) is 0 Å². The van der Waals surface area contributed by atoms with Gasteiger partial charge in [0.05, 0.1) is 0 Å². The Kier molecular flexibility index (Phi) is 10.3. The lowest BCUT2D eigenvalue weighted by Crippen LogP contribution is -1.85. The van der Waals surface area contributed by atoms with Crippen LogP contribution >= 0.6 is 45.8 Å². The number of hydrogen-bond acceptors (Lipinski definition) is 4. The molecule has 6 rings (SSSR count). The largest absolute Gasteiger partial charge is 0.149 e. The molecule has 0 bridgehead atoms. The number of thiophene rings is 3. The lowest BCUT2D eigenvalue weighted by molar-refractivity contribution is 1.28. The summed E-state index contributed by atoms with van der Waals surface area (Å²) in [5, 5.41) is 6.50. The molecule has 2 aromatic carbocycles. The molecule has 196 valence electrons. The van der Waals surface area contributed by atoms with Gasteiger partial charge >= 0.3 is 0 Å². The molecule has 0 saturated heterocycles. The first kappa shape index (κ1) is 28.6. The van der Waals surface area contributed by atoms with E-state index in [4.69, 9.17) is 0 Å². The van der Waals surface area contributed by atoms with Crippen molar-refractivity contribution in [3.63, 3.8) is 0 Å². The van der Waals surface area contributed by atoms with Gasteiger partial charge in [0.1, 0.15) is 0 Å². The Bertz CT molecular complexity index is 1430. The molecule has 1 aliphatic heterocycles. The quantitative estimate of drug-likeness (QED) is 0.207. The summed E-state index contributed by atoms with van der Waals surface area (Å²) in [4.78, 5) is 5.85. The Hall–Kier alpha value is -2.37.